The third kappa shape index (κ3) is 3.74. The first-order chi connectivity index (χ1) is 6.33. The average Bonchev–Trinajstić information content (AvgIpc) is 2.17. The fraction of sp³-hybridized carbons (Fsp3) is 0.273. The number of aryl methyl sites for hydroxylation is 1. The molecule has 0 amide bonds. The minimum atomic E-state index is -0.182. The number of carbonyl (C=O) groups is 1. The van der Waals surface area contributed by atoms with Crippen LogP contribution in [0.2, 0.25) is 0 Å². The number of carbonyl (C=O) groups excluding carboxylic acids is 1. The third-order valence-corrected chi connectivity index (χ3v) is 1.72. The zero-order chi connectivity index (χ0) is 9.52. The van der Waals surface area contributed by atoms with Crippen LogP contribution in [-0.4, -0.2) is 12.6 Å². The molecule has 0 aliphatic carbocycles. The number of hydrogen-bond donors (Lipinski definition) is 0. The predicted molar refractivity (Wildman–Crippen MR) is 51.1 cm³/mol. The monoisotopic (exact) mass is 177 g/mol. The van der Waals surface area contributed by atoms with Crippen LogP contribution in [0.3, 0.4) is 0 Å². The Hall–Kier alpha value is -1.31. The van der Waals surface area contributed by atoms with Crippen molar-refractivity contribution in [3.8, 4) is 0 Å². The molecule has 0 N–H and O–H groups in total. The lowest BCUT2D eigenvalue weighted by molar-refractivity contribution is -0.142. The number of ether oxygens (including phenoxy) is 1. The van der Waals surface area contributed by atoms with Gasteiger partial charge in [0.05, 0.1) is 6.61 Å². The molecule has 0 atom stereocenters. The van der Waals surface area contributed by atoms with Crippen LogP contribution < -0.4 is 0 Å². The molecule has 0 bridgehead atoms. The molecule has 1 aromatic carbocycles. The van der Waals surface area contributed by atoms with Crippen molar-refractivity contribution in [3.05, 3.63) is 42.8 Å². The van der Waals surface area contributed by atoms with Crippen LogP contribution >= 0.6 is 0 Å². The van der Waals surface area contributed by atoms with Crippen molar-refractivity contribution in [1.82, 2.24) is 0 Å². The zero-order valence-electron chi connectivity index (χ0n) is 7.53. The molecule has 0 fully saturated rings. The van der Waals surface area contributed by atoms with Crippen molar-refractivity contribution in [3.63, 3.8) is 0 Å². The summed E-state index contributed by atoms with van der Waals surface area (Å²) < 4.78 is 4.71. The molecular weight excluding hydrogens is 164 g/mol. The molecule has 0 saturated heterocycles. The Morgan fingerprint density at radius 1 is 1.31 bits per heavy atom. The van der Waals surface area contributed by atoms with Gasteiger partial charge in [-0.2, -0.15) is 0 Å². The number of rotatable bonds is 4. The van der Waals surface area contributed by atoms with Crippen molar-refractivity contribution in [2.75, 3.05) is 6.61 Å². The first kappa shape index (κ1) is 9.78. The molecular formula is C11H13O2. The number of benzene rings is 1. The van der Waals surface area contributed by atoms with Gasteiger partial charge in [-0.1, -0.05) is 30.3 Å². The predicted octanol–water partition coefficient (Wildman–Crippen LogP) is 2.00. The van der Waals surface area contributed by atoms with E-state index < -0.39 is 0 Å². The topological polar surface area (TPSA) is 26.3 Å². The maximum atomic E-state index is 11.0. The maximum Gasteiger partial charge on any atom is 0.306 e. The molecule has 0 aliphatic rings. The molecule has 0 aromatic heterocycles. The second kappa shape index (κ2) is 5.36. The van der Waals surface area contributed by atoms with Gasteiger partial charge in [0, 0.05) is 6.42 Å². The van der Waals surface area contributed by atoms with Crippen LogP contribution in [0.15, 0.2) is 30.3 Å². The first-order valence-corrected chi connectivity index (χ1v) is 4.31. The molecule has 0 saturated carbocycles. The molecule has 0 aliphatic heterocycles. The van der Waals surface area contributed by atoms with E-state index in [4.69, 9.17) is 4.74 Å². The van der Waals surface area contributed by atoms with E-state index in [0.29, 0.717) is 6.42 Å². The van der Waals surface area contributed by atoms with Gasteiger partial charge in [-0.25, -0.2) is 0 Å². The van der Waals surface area contributed by atoms with Crippen molar-refractivity contribution in [2.24, 2.45) is 0 Å². The highest BCUT2D eigenvalue weighted by atomic mass is 16.5. The SMILES string of the molecule is [CH2]COC(=O)CCc1ccccc1. The summed E-state index contributed by atoms with van der Waals surface area (Å²) in [5.41, 5.74) is 1.16. The minimum absolute atomic E-state index is 0.182. The van der Waals surface area contributed by atoms with Crippen molar-refractivity contribution >= 4 is 5.97 Å². The number of hydrogen-bond acceptors (Lipinski definition) is 2. The van der Waals surface area contributed by atoms with Gasteiger partial charge in [-0.15, -0.1) is 0 Å². The highest BCUT2D eigenvalue weighted by molar-refractivity contribution is 5.69. The van der Waals surface area contributed by atoms with Crippen LogP contribution in [0.5, 0.6) is 0 Å². The zero-order valence-corrected chi connectivity index (χ0v) is 7.53. The Morgan fingerprint density at radius 3 is 2.62 bits per heavy atom. The lowest BCUT2D eigenvalue weighted by atomic mass is 10.1. The van der Waals surface area contributed by atoms with E-state index in [2.05, 4.69) is 6.92 Å². The highest BCUT2D eigenvalue weighted by Crippen LogP contribution is 2.02. The molecule has 1 radical (unpaired) electrons. The fourth-order valence-corrected chi connectivity index (χ4v) is 1.08. The van der Waals surface area contributed by atoms with Gasteiger partial charge in [0.25, 0.3) is 0 Å². The van der Waals surface area contributed by atoms with Crippen LogP contribution in [-0.2, 0) is 16.0 Å². The summed E-state index contributed by atoms with van der Waals surface area (Å²) in [5, 5.41) is 0. The quantitative estimate of drug-likeness (QED) is 0.657. The average molecular weight is 177 g/mol. The highest BCUT2D eigenvalue weighted by Gasteiger charge is 2.01. The van der Waals surface area contributed by atoms with E-state index in [1.807, 2.05) is 30.3 Å². The second-order valence-electron chi connectivity index (χ2n) is 2.71. The van der Waals surface area contributed by atoms with Crippen molar-refractivity contribution in [1.29, 1.82) is 0 Å². The Morgan fingerprint density at radius 2 is 2.00 bits per heavy atom. The molecule has 1 aromatic rings. The Kier molecular flexibility index (Phi) is 4.03. The van der Waals surface area contributed by atoms with Gasteiger partial charge in [-0.3, -0.25) is 4.79 Å². The van der Waals surface area contributed by atoms with Crippen molar-refractivity contribution < 1.29 is 9.53 Å². The van der Waals surface area contributed by atoms with E-state index in [0.717, 1.165) is 12.0 Å². The van der Waals surface area contributed by atoms with E-state index >= 15 is 0 Å². The van der Waals surface area contributed by atoms with E-state index in [1.165, 1.54) is 0 Å². The summed E-state index contributed by atoms with van der Waals surface area (Å²) in [6.07, 6.45) is 1.17. The summed E-state index contributed by atoms with van der Waals surface area (Å²) in [4.78, 5) is 11.0. The Balaban J connectivity index is 2.31. The van der Waals surface area contributed by atoms with Gasteiger partial charge in [0.1, 0.15) is 0 Å². The smallest absolute Gasteiger partial charge is 0.306 e. The molecule has 69 valence electrons. The molecule has 2 heteroatoms. The molecule has 0 spiro atoms. The normalized spacial score (nSPS) is 9.62. The van der Waals surface area contributed by atoms with Gasteiger partial charge < -0.3 is 4.74 Å². The lowest BCUT2D eigenvalue weighted by Crippen LogP contribution is -2.05. The van der Waals surface area contributed by atoms with E-state index in [-0.39, 0.29) is 12.6 Å². The lowest BCUT2D eigenvalue weighted by Gasteiger charge is -2.01. The van der Waals surface area contributed by atoms with Gasteiger partial charge in [-0.05, 0) is 18.9 Å². The Bertz CT molecular complexity index is 254. The third-order valence-electron chi connectivity index (χ3n) is 1.72. The summed E-state index contributed by atoms with van der Waals surface area (Å²) in [5.74, 6) is -0.182. The first-order valence-electron chi connectivity index (χ1n) is 4.31. The van der Waals surface area contributed by atoms with Crippen LogP contribution in [0.4, 0.5) is 0 Å². The van der Waals surface area contributed by atoms with Gasteiger partial charge in [0.15, 0.2) is 0 Å². The minimum Gasteiger partial charge on any atom is -0.466 e. The standard InChI is InChI=1S/C11H13O2/c1-2-13-11(12)9-8-10-6-4-3-5-7-10/h3-7H,1-2,8-9H2. The largest absolute Gasteiger partial charge is 0.466 e. The fourth-order valence-electron chi connectivity index (χ4n) is 1.08. The number of esters is 1. The summed E-state index contributed by atoms with van der Waals surface area (Å²) in [7, 11) is 0. The molecule has 13 heavy (non-hydrogen) atoms. The maximum absolute atomic E-state index is 11.0. The molecule has 0 unspecified atom stereocenters. The summed E-state index contributed by atoms with van der Waals surface area (Å²) in [6, 6.07) is 9.87. The molecule has 1 rings (SSSR count). The van der Waals surface area contributed by atoms with Crippen LogP contribution in [0, 0.1) is 6.92 Å². The summed E-state index contributed by atoms with van der Waals surface area (Å²) in [6.45, 7) is 3.65. The van der Waals surface area contributed by atoms with Crippen LogP contribution in [0.1, 0.15) is 12.0 Å². The molecule has 0 heterocycles. The Labute approximate surface area is 78.5 Å². The molecule has 2 nitrogen and oxygen atoms in total. The van der Waals surface area contributed by atoms with Crippen molar-refractivity contribution in [2.45, 2.75) is 12.8 Å². The van der Waals surface area contributed by atoms with Gasteiger partial charge >= 0.3 is 5.97 Å². The second-order valence-corrected chi connectivity index (χ2v) is 2.71. The van der Waals surface area contributed by atoms with E-state index in [1.54, 1.807) is 0 Å². The van der Waals surface area contributed by atoms with Crippen LogP contribution in [0.25, 0.3) is 0 Å². The van der Waals surface area contributed by atoms with E-state index in [9.17, 15) is 4.79 Å². The summed E-state index contributed by atoms with van der Waals surface area (Å²) >= 11 is 0. The van der Waals surface area contributed by atoms with Gasteiger partial charge in [0.2, 0.25) is 0 Å².